The lowest BCUT2D eigenvalue weighted by molar-refractivity contribution is -0.108. The zero-order valence-corrected chi connectivity index (χ0v) is 17.7. The largest absolute Gasteiger partial charge is 0.543 e. The molecule has 0 radical (unpaired) electrons. The lowest BCUT2D eigenvalue weighted by atomic mass is 10.0. The van der Waals surface area contributed by atoms with Gasteiger partial charge in [-0.25, -0.2) is 0 Å². The van der Waals surface area contributed by atoms with E-state index in [2.05, 4.69) is 51.3 Å². The number of rotatable bonds is 10. The van der Waals surface area contributed by atoms with Crippen molar-refractivity contribution in [1.82, 2.24) is 5.32 Å². The van der Waals surface area contributed by atoms with Gasteiger partial charge in [0.05, 0.1) is 5.60 Å². The Morgan fingerprint density at radius 3 is 2.52 bits per heavy atom. The van der Waals surface area contributed by atoms with E-state index in [4.69, 9.17) is 4.43 Å². The second kappa shape index (κ2) is 8.97. The van der Waals surface area contributed by atoms with Gasteiger partial charge in [0.1, 0.15) is 12.0 Å². The smallest absolute Gasteiger partial charge is 0.250 e. The first-order valence-electron chi connectivity index (χ1n) is 9.11. The van der Waals surface area contributed by atoms with E-state index in [1.807, 2.05) is 12.1 Å². The average molecular weight is 366 g/mol. The normalized spacial score (nSPS) is 14.8. The Kier molecular flexibility index (Phi) is 7.84. The number of aliphatic hydroxyl groups is 1. The van der Waals surface area contributed by atoms with E-state index in [0.29, 0.717) is 19.4 Å². The highest BCUT2D eigenvalue weighted by atomic mass is 28.4. The molecular formula is C20H35NO3Si. The monoisotopic (exact) mass is 365 g/mol. The van der Waals surface area contributed by atoms with Crippen LogP contribution in [-0.2, 0) is 11.2 Å². The molecule has 0 amide bonds. The van der Waals surface area contributed by atoms with Gasteiger partial charge in [-0.3, -0.25) is 0 Å². The van der Waals surface area contributed by atoms with Gasteiger partial charge >= 0.3 is 0 Å². The fourth-order valence-corrected chi connectivity index (χ4v) is 3.28. The first kappa shape index (κ1) is 21.9. The summed E-state index contributed by atoms with van der Waals surface area (Å²) in [6.45, 7) is 14.3. The summed E-state index contributed by atoms with van der Waals surface area (Å²) >= 11 is 0. The van der Waals surface area contributed by atoms with Gasteiger partial charge in [0.15, 0.2) is 0 Å². The van der Waals surface area contributed by atoms with Crippen molar-refractivity contribution in [2.75, 3.05) is 13.1 Å². The average Bonchev–Trinajstić information content (AvgIpc) is 2.48. The summed E-state index contributed by atoms with van der Waals surface area (Å²) in [5, 5.41) is 13.6. The number of hydrogen-bond acceptors (Lipinski definition) is 4. The Hall–Kier alpha value is -1.17. The minimum Gasteiger partial charge on any atom is -0.543 e. The maximum atomic E-state index is 10.4. The summed E-state index contributed by atoms with van der Waals surface area (Å²) in [6, 6.07) is 8.29. The Morgan fingerprint density at radius 2 is 1.92 bits per heavy atom. The van der Waals surface area contributed by atoms with Crippen LogP contribution in [0, 0.1) is 0 Å². The summed E-state index contributed by atoms with van der Waals surface area (Å²) < 4.78 is 6.36. The fourth-order valence-electron chi connectivity index (χ4n) is 2.26. The molecule has 1 aromatic rings. The highest BCUT2D eigenvalue weighted by Gasteiger charge is 2.38. The van der Waals surface area contributed by atoms with Crippen LogP contribution < -0.4 is 9.74 Å². The first-order valence-corrected chi connectivity index (χ1v) is 12.0. The number of aldehydes is 1. The molecule has 1 unspecified atom stereocenters. The van der Waals surface area contributed by atoms with Crippen LogP contribution in [0.25, 0.3) is 0 Å². The van der Waals surface area contributed by atoms with E-state index in [0.717, 1.165) is 25.0 Å². The third-order valence-corrected chi connectivity index (χ3v) is 9.33. The number of carbonyl (C=O) groups is 1. The molecule has 0 bridgehead atoms. The molecule has 0 heterocycles. The third-order valence-electron chi connectivity index (χ3n) is 4.97. The molecule has 2 N–H and O–H groups in total. The van der Waals surface area contributed by atoms with Crippen molar-refractivity contribution in [3.63, 3.8) is 0 Å². The van der Waals surface area contributed by atoms with Crippen molar-refractivity contribution in [3.8, 4) is 5.75 Å². The van der Waals surface area contributed by atoms with Gasteiger partial charge in [0.2, 0.25) is 8.32 Å². The van der Waals surface area contributed by atoms with Crippen molar-refractivity contribution >= 4 is 14.6 Å². The number of hydrogen-bond donors (Lipinski definition) is 2. The lowest BCUT2D eigenvalue weighted by Gasteiger charge is -2.36. The van der Waals surface area contributed by atoms with Crippen LogP contribution in [0.1, 0.15) is 46.1 Å². The van der Waals surface area contributed by atoms with Gasteiger partial charge in [0.25, 0.3) is 0 Å². The Labute approximate surface area is 154 Å². The molecule has 0 saturated heterocycles. The van der Waals surface area contributed by atoms with Gasteiger partial charge in [-0.05, 0) is 62.1 Å². The van der Waals surface area contributed by atoms with E-state index in [1.165, 1.54) is 5.56 Å². The zero-order chi connectivity index (χ0) is 19.1. The van der Waals surface area contributed by atoms with Crippen LogP contribution in [0.2, 0.25) is 18.1 Å². The molecule has 4 nitrogen and oxygen atoms in total. The summed E-state index contributed by atoms with van der Waals surface area (Å²) in [7, 11) is -1.82. The molecule has 1 aromatic carbocycles. The minimum absolute atomic E-state index is 0.178. The van der Waals surface area contributed by atoms with Crippen LogP contribution in [0.4, 0.5) is 0 Å². The van der Waals surface area contributed by atoms with Crippen molar-refractivity contribution in [2.24, 2.45) is 0 Å². The van der Waals surface area contributed by atoms with E-state index in [-0.39, 0.29) is 5.04 Å². The topological polar surface area (TPSA) is 58.6 Å². The molecule has 1 atom stereocenters. The van der Waals surface area contributed by atoms with Crippen molar-refractivity contribution < 1.29 is 14.3 Å². The molecule has 0 saturated carbocycles. The van der Waals surface area contributed by atoms with Crippen LogP contribution in [0.5, 0.6) is 5.75 Å². The second-order valence-electron chi connectivity index (χ2n) is 8.64. The van der Waals surface area contributed by atoms with Gasteiger partial charge in [0, 0.05) is 13.0 Å². The van der Waals surface area contributed by atoms with Crippen LogP contribution in [0.3, 0.4) is 0 Å². The quantitative estimate of drug-likeness (QED) is 0.375. The molecule has 0 aliphatic carbocycles. The van der Waals surface area contributed by atoms with Crippen LogP contribution in [-0.4, -0.2) is 38.4 Å². The maximum Gasteiger partial charge on any atom is 0.250 e. The Bertz CT molecular complexity index is 550. The second-order valence-corrected chi connectivity index (χ2v) is 13.4. The summed E-state index contributed by atoms with van der Waals surface area (Å²) in [5.41, 5.74) is 0.380. The molecule has 1 rings (SSSR count). The van der Waals surface area contributed by atoms with Crippen molar-refractivity contribution in [2.45, 2.75) is 70.7 Å². The van der Waals surface area contributed by atoms with Crippen LogP contribution >= 0.6 is 0 Å². The fraction of sp³-hybridized carbons (Fsp3) is 0.650. The third kappa shape index (κ3) is 7.71. The van der Waals surface area contributed by atoms with Gasteiger partial charge in [-0.1, -0.05) is 32.9 Å². The maximum absolute atomic E-state index is 10.4. The van der Waals surface area contributed by atoms with Gasteiger partial charge < -0.3 is 19.6 Å². The minimum atomic E-state index is -1.82. The van der Waals surface area contributed by atoms with Gasteiger partial charge in [-0.2, -0.15) is 0 Å². The molecule has 25 heavy (non-hydrogen) atoms. The van der Waals surface area contributed by atoms with E-state index >= 15 is 0 Å². The molecule has 0 aliphatic heterocycles. The lowest BCUT2D eigenvalue weighted by Crippen LogP contribution is -2.43. The molecule has 0 aliphatic rings. The van der Waals surface area contributed by atoms with E-state index in [9.17, 15) is 9.90 Å². The Balaban J connectivity index is 2.52. The SMILES string of the molecule is CC(O)(CCC=O)CNCCc1cccc(O[Si](C)(C)C(C)(C)C)c1. The van der Waals surface area contributed by atoms with Gasteiger partial charge in [-0.15, -0.1) is 0 Å². The number of carbonyl (C=O) groups excluding carboxylic acids is 1. The number of benzene rings is 1. The van der Waals surface area contributed by atoms with Crippen LogP contribution in [0.15, 0.2) is 24.3 Å². The molecule has 0 spiro atoms. The first-order chi connectivity index (χ1) is 11.5. The highest BCUT2D eigenvalue weighted by molar-refractivity contribution is 6.74. The summed E-state index contributed by atoms with van der Waals surface area (Å²) in [5.74, 6) is 0.946. The Morgan fingerprint density at radius 1 is 1.24 bits per heavy atom. The predicted octanol–water partition coefficient (Wildman–Crippen LogP) is 3.93. The van der Waals surface area contributed by atoms with Crippen molar-refractivity contribution in [3.05, 3.63) is 29.8 Å². The van der Waals surface area contributed by atoms with E-state index in [1.54, 1.807) is 6.92 Å². The molecular weight excluding hydrogens is 330 g/mol. The summed E-state index contributed by atoms with van der Waals surface area (Å²) in [6.07, 6.45) is 2.60. The summed E-state index contributed by atoms with van der Waals surface area (Å²) in [4.78, 5) is 10.4. The predicted molar refractivity (Wildman–Crippen MR) is 107 cm³/mol. The molecule has 142 valence electrons. The zero-order valence-electron chi connectivity index (χ0n) is 16.7. The molecule has 0 aromatic heterocycles. The molecule has 5 heteroatoms. The molecule has 0 fully saturated rings. The van der Waals surface area contributed by atoms with E-state index < -0.39 is 13.9 Å². The highest BCUT2D eigenvalue weighted by Crippen LogP contribution is 2.37. The number of nitrogens with one attached hydrogen (secondary N) is 1. The van der Waals surface area contributed by atoms with Crippen molar-refractivity contribution in [1.29, 1.82) is 0 Å². The standard InChI is InChI=1S/C20H35NO3Si/c1-19(2,3)25(5,6)24-18-10-7-9-17(15-18)11-13-21-16-20(4,23)12-8-14-22/h7,9-10,14-15,21,23H,8,11-13,16H2,1-6H3.